The van der Waals surface area contributed by atoms with Crippen molar-refractivity contribution in [2.75, 3.05) is 7.05 Å². The summed E-state index contributed by atoms with van der Waals surface area (Å²) in [7, 11) is 1.76. The first-order valence-electron chi connectivity index (χ1n) is 8.51. The standard InChI is InChI=1S/C20H21N3O3/c1-14(15-8-4-3-5-9-15)22(2)18(24)12-13-23-17-11-7-6-10-16(17)19(25)21-20(23)26/h3-11,14H,12-13H2,1-2H3,(H,21,25,26)/t14-/m0/s1. The van der Waals surface area contributed by atoms with Crippen LogP contribution in [0.25, 0.3) is 10.9 Å². The molecule has 134 valence electrons. The number of benzene rings is 2. The first-order valence-corrected chi connectivity index (χ1v) is 8.51. The first kappa shape index (κ1) is 17.7. The van der Waals surface area contributed by atoms with Gasteiger partial charge in [0.2, 0.25) is 5.91 Å². The fourth-order valence-corrected chi connectivity index (χ4v) is 3.02. The SMILES string of the molecule is C[C@@H](c1ccccc1)N(C)C(=O)CCn1c(=O)[nH]c(=O)c2ccccc21. The van der Waals surface area contributed by atoms with Crippen molar-refractivity contribution in [3.05, 3.63) is 81.0 Å². The summed E-state index contributed by atoms with van der Waals surface area (Å²) in [5.74, 6) is -0.0662. The monoisotopic (exact) mass is 351 g/mol. The van der Waals surface area contributed by atoms with E-state index < -0.39 is 11.2 Å². The number of aryl methyl sites for hydroxylation is 1. The first-order chi connectivity index (χ1) is 12.5. The summed E-state index contributed by atoms with van der Waals surface area (Å²) >= 11 is 0. The highest BCUT2D eigenvalue weighted by Crippen LogP contribution is 2.19. The zero-order valence-electron chi connectivity index (χ0n) is 14.8. The molecule has 0 fully saturated rings. The summed E-state index contributed by atoms with van der Waals surface area (Å²) in [6.45, 7) is 2.18. The maximum absolute atomic E-state index is 12.6. The largest absolute Gasteiger partial charge is 0.339 e. The summed E-state index contributed by atoms with van der Waals surface area (Å²) in [5.41, 5.74) is 0.672. The molecule has 2 aromatic carbocycles. The van der Waals surface area contributed by atoms with E-state index in [4.69, 9.17) is 0 Å². The number of nitrogens with one attached hydrogen (secondary N) is 1. The van der Waals surface area contributed by atoms with Crippen LogP contribution in [0.4, 0.5) is 0 Å². The van der Waals surface area contributed by atoms with Gasteiger partial charge in [-0.3, -0.25) is 19.1 Å². The molecule has 0 saturated carbocycles. The van der Waals surface area contributed by atoms with E-state index in [0.717, 1.165) is 5.56 Å². The van der Waals surface area contributed by atoms with Gasteiger partial charge in [-0.2, -0.15) is 0 Å². The topological polar surface area (TPSA) is 75.2 Å². The molecule has 1 N–H and O–H groups in total. The Hall–Kier alpha value is -3.15. The normalized spacial score (nSPS) is 12.1. The molecular weight excluding hydrogens is 330 g/mol. The second-order valence-electron chi connectivity index (χ2n) is 6.27. The van der Waals surface area contributed by atoms with Crippen molar-refractivity contribution in [3.63, 3.8) is 0 Å². The van der Waals surface area contributed by atoms with Crippen LogP contribution < -0.4 is 11.2 Å². The highest BCUT2D eigenvalue weighted by molar-refractivity contribution is 5.79. The zero-order valence-corrected chi connectivity index (χ0v) is 14.8. The maximum atomic E-state index is 12.6. The Kier molecular flexibility index (Phi) is 5.02. The van der Waals surface area contributed by atoms with Crippen molar-refractivity contribution in [1.29, 1.82) is 0 Å². The molecule has 0 unspecified atom stereocenters. The van der Waals surface area contributed by atoms with Crippen LogP contribution in [0.2, 0.25) is 0 Å². The number of aromatic amines is 1. The number of hydrogen-bond acceptors (Lipinski definition) is 3. The number of hydrogen-bond donors (Lipinski definition) is 1. The zero-order chi connectivity index (χ0) is 18.7. The minimum absolute atomic E-state index is 0.0623. The lowest BCUT2D eigenvalue weighted by atomic mass is 10.1. The average Bonchev–Trinajstić information content (AvgIpc) is 2.67. The summed E-state index contributed by atoms with van der Waals surface area (Å²) in [5, 5.41) is 0.436. The second-order valence-corrected chi connectivity index (χ2v) is 6.27. The van der Waals surface area contributed by atoms with Crippen molar-refractivity contribution in [2.45, 2.75) is 25.9 Å². The minimum atomic E-state index is -0.500. The number of aromatic nitrogens is 2. The van der Waals surface area contributed by atoms with Gasteiger partial charge in [0, 0.05) is 20.0 Å². The Balaban J connectivity index is 1.79. The summed E-state index contributed by atoms with van der Waals surface area (Å²) in [6, 6.07) is 16.6. The van der Waals surface area contributed by atoms with Gasteiger partial charge in [0.05, 0.1) is 16.9 Å². The predicted octanol–water partition coefficient (Wildman–Crippen LogP) is 2.30. The highest BCUT2D eigenvalue weighted by Gasteiger charge is 2.17. The van der Waals surface area contributed by atoms with Gasteiger partial charge in [0.1, 0.15) is 0 Å². The third kappa shape index (κ3) is 3.44. The number of carbonyl (C=O) groups is 1. The third-order valence-electron chi connectivity index (χ3n) is 4.71. The number of para-hydroxylation sites is 1. The summed E-state index contributed by atoms with van der Waals surface area (Å²) in [6.07, 6.45) is 0.170. The molecule has 1 amide bonds. The Morgan fingerprint density at radius 3 is 2.46 bits per heavy atom. The fraction of sp³-hybridized carbons (Fsp3) is 0.250. The average molecular weight is 351 g/mol. The summed E-state index contributed by atoms with van der Waals surface area (Å²) < 4.78 is 1.44. The Bertz CT molecular complexity index is 1040. The van der Waals surface area contributed by atoms with Gasteiger partial charge >= 0.3 is 5.69 Å². The summed E-state index contributed by atoms with van der Waals surface area (Å²) in [4.78, 5) is 40.6. The van der Waals surface area contributed by atoms with Gasteiger partial charge in [-0.1, -0.05) is 42.5 Å². The number of carbonyl (C=O) groups excluding carboxylic acids is 1. The van der Waals surface area contributed by atoms with Crippen molar-refractivity contribution >= 4 is 16.8 Å². The number of rotatable bonds is 5. The van der Waals surface area contributed by atoms with Crippen LogP contribution in [0.15, 0.2) is 64.2 Å². The van der Waals surface area contributed by atoms with Crippen LogP contribution >= 0.6 is 0 Å². The van der Waals surface area contributed by atoms with Crippen molar-refractivity contribution in [2.24, 2.45) is 0 Å². The molecule has 3 rings (SSSR count). The van der Waals surface area contributed by atoms with Crippen LogP contribution in [0.1, 0.15) is 24.9 Å². The lowest BCUT2D eigenvalue weighted by molar-refractivity contribution is -0.132. The van der Waals surface area contributed by atoms with E-state index in [1.54, 1.807) is 36.2 Å². The molecule has 0 radical (unpaired) electrons. The van der Waals surface area contributed by atoms with Gasteiger partial charge in [-0.05, 0) is 24.6 Å². The molecular formula is C20H21N3O3. The van der Waals surface area contributed by atoms with Gasteiger partial charge in [0.15, 0.2) is 0 Å². The number of amides is 1. The van der Waals surface area contributed by atoms with E-state index in [9.17, 15) is 14.4 Å². The minimum Gasteiger partial charge on any atom is -0.339 e. The highest BCUT2D eigenvalue weighted by atomic mass is 16.2. The van der Waals surface area contributed by atoms with Crippen LogP contribution in [0.5, 0.6) is 0 Å². The fourth-order valence-electron chi connectivity index (χ4n) is 3.02. The molecule has 0 spiro atoms. The van der Waals surface area contributed by atoms with Gasteiger partial charge < -0.3 is 4.90 Å². The molecule has 1 aromatic heterocycles. The van der Waals surface area contributed by atoms with E-state index in [1.807, 2.05) is 37.3 Å². The van der Waals surface area contributed by atoms with Crippen LogP contribution in [0, 0.1) is 0 Å². The Morgan fingerprint density at radius 1 is 1.08 bits per heavy atom. The van der Waals surface area contributed by atoms with E-state index in [-0.39, 0.29) is 24.9 Å². The van der Waals surface area contributed by atoms with Crippen LogP contribution in [0.3, 0.4) is 0 Å². The molecule has 1 atom stereocenters. The van der Waals surface area contributed by atoms with Crippen LogP contribution in [-0.2, 0) is 11.3 Å². The molecule has 0 bridgehead atoms. The smallest absolute Gasteiger partial charge is 0.328 e. The Morgan fingerprint density at radius 2 is 1.73 bits per heavy atom. The molecule has 0 aliphatic rings. The third-order valence-corrected chi connectivity index (χ3v) is 4.71. The lowest BCUT2D eigenvalue weighted by Gasteiger charge is -2.25. The number of H-pyrrole nitrogens is 1. The quantitative estimate of drug-likeness (QED) is 0.766. The van der Waals surface area contributed by atoms with E-state index >= 15 is 0 Å². The van der Waals surface area contributed by atoms with Gasteiger partial charge in [-0.15, -0.1) is 0 Å². The van der Waals surface area contributed by atoms with Crippen LogP contribution in [-0.4, -0.2) is 27.4 Å². The van der Waals surface area contributed by atoms with E-state index in [2.05, 4.69) is 4.98 Å². The van der Waals surface area contributed by atoms with Gasteiger partial charge in [0.25, 0.3) is 5.56 Å². The Labute approximate surface area is 150 Å². The van der Waals surface area contributed by atoms with Crippen molar-refractivity contribution in [3.8, 4) is 0 Å². The molecule has 0 saturated heterocycles. The maximum Gasteiger partial charge on any atom is 0.328 e. The van der Waals surface area contributed by atoms with Crippen molar-refractivity contribution < 1.29 is 4.79 Å². The molecule has 0 aliphatic heterocycles. The van der Waals surface area contributed by atoms with E-state index in [0.29, 0.717) is 10.9 Å². The molecule has 3 aromatic rings. The van der Waals surface area contributed by atoms with Gasteiger partial charge in [-0.25, -0.2) is 4.79 Å². The molecule has 0 aliphatic carbocycles. The predicted molar refractivity (Wildman–Crippen MR) is 101 cm³/mol. The second kappa shape index (κ2) is 7.39. The van der Waals surface area contributed by atoms with E-state index in [1.165, 1.54) is 4.57 Å². The molecule has 1 heterocycles. The molecule has 26 heavy (non-hydrogen) atoms. The molecule has 6 nitrogen and oxygen atoms in total. The van der Waals surface area contributed by atoms with Crippen molar-refractivity contribution in [1.82, 2.24) is 14.5 Å². The molecule has 6 heteroatoms. The number of nitrogens with zero attached hydrogens (tertiary/aromatic N) is 2. The number of fused-ring (bicyclic) bond motifs is 1. The lowest BCUT2D eigenvalue weighted by Crippen LogP contribution is -2.34.